The van der Waals surface area contributed by atoms with Gasteiger partial charge in [-0.3, -0.25) is 4.79 Å². The maximum absolute atomic E-state index is 11.5. The van der Waals surface area contributed by atoms with E-state index >= 15 is 0 Å². The topological polar surface area (TPSA) is 101 Å². The third-order valence-corrected chi connectivity index (χ3v) is 3.73. The van der Waals surface area contributed by atoms with Crippen molar-refractivity contribution >= 4 is 33.2 Å². The molecule has 2 rings (SSSR count). The molecule has 21 heavy (non-hydrogen) atoms. The van der Waals surface area contributed by atoms with E-state index in [4.69, 9.17) is 11.5 Å². The van der Waals surface area contributed by atoms with Crippen molar-refractivity contribution in [3.63, 3.8) is 0 Å². The van der Waals surface area contributed by atoms with Crippen LogP contribution in [0, 0.1) is 0 Å². The molecule has 0 aliphatic rings. The molecule has 5 nitrogen and oxygen atoms in total. The summed E-state index contributed by atoms with van der Waals surface area (Å²) >= 11 is 3.29. The SMILES string of the molecule is NC(=O)c1c(Br)cccc1NCC(O)c1ccc(N)cc1. The van der Waals surface area contributed by atoms with Crippen molar-refractivity contribution in [3.05, 3.63) is 58.1 Å². The molecular weight excluding hydrogens is 334 g/mol. The maximum atomic E-state index is 11.5. The van der Waals surface area contributed by atoms with Crippen molar-refractivity contribution in [2.45, 2.75) is 6.10 Å². The second kappa shape index (κ2) is 6.60. The van der Waals surface area contributed by atoms with Crippen LogP contribution in [0.25, 0.3) is 0 Å². The predicted octanol–water partition coefficient (Wildman–Crippen LogP) is 2.28. The number of halogens is 1. The van der Waals surface area contributed by atoms with Crippen LogP contribution in [0.1, 0.15) is 22.0 Å². The first-order valence-corrected chi connectivity index (χ1v) is 7.14. The zero-order chi connectivity index (χ0) is 15.4. The Labute approximate surface area is 131 Å². The van der Waals surface area contributed by atoms with Crippen LogP contribution in [0.4, 0.5) is 11.4 Å². The van der Waals surface area contributed by atoms with Crippen molar-refractivity contribution in [1.29, 1.82) is 0 Å². The van der Waals surface area contributed by atoms with Crippen LogP contribution >= 0.6 is 15.9 Å². The smallest absolute Gasteiger partial charge is 0.251 e. The van der Waals surface area contributed by atoms with Crippen molar-refractivity contribution in [3.8, 4) is 0 Å². The van der Waals surface area contributed by atoms with Gasteiger partial charge in [-0.25, -0.2) is 0 Å². The molecule has 0 saturated carbocycles. The van der Waals surface area contributed by atoms with E-state index < -0.39 is 12.0 Å². The number of rotatable bonds is 5. The van der Waals surface area contributed by atoms with E-state index in [0.29, 0.717) is 21.4 Å². The lowest BCUT2D eigenvalue weighted by atomic mass is 10.1. The number of carbonyl (C=O) groups excluding carboxylic acids is 1. The van der Waals surface area contributed by atoms with Crippen LogP contribution in [0.2, 0.25) is 0 Å². The van der Waals surface area contributed by atoms with E-state index in [-0.39, 0.29) is 6.54 Å². The molecule has 6 N–H and O–H groups in total. The van der Waals surface area contributed by atoms with Gasteiger partial charge in [-0.2, -0.15) is 0 Å². The van der Waals surface area contributed by atoms with Crippen LogP contribution in [0.5, 0.6) is 0 Å². The minimum absolute atomic E-state index is 0.251. The first kappa shape index (κ1) is 15.3. The Hall–Kier alpha value is -2.05. The van der Waals surface area contributed by atoms with Gasteiger partial charge in [-0.1, -0.05) is 18.2 Å². The number of amides is 1. The van der Waals surface area contributed by atoms with Gasteiger partial charge in [0.2, 0.25) is 0 Å². The number of nitrogens with one attached hydrogen (secondary N) is 1. The van der Waals surface area contributed by atoms with E-state index in [1.54, 1.807) is 42.5 Å². The molecule has 0 aliphatic heterocycles. The van der Waals surface area contributed by atoms with Gasteiger partial charge in [-0.05, 0) is 45.8 Å². The summed E-state index contributed by atoms with van der Waals surface area (Å²) in [7, 11) is 0. The quantitative estimate of drug-likeness (QED) is 0.622. The first-order chi connectivity index (χ1) is 9.99. The Balaban J connectivity index is 2.11. The zero-order valence-corrected chi connectivity index (χ0v) is 12.8. The summed E-state index contributed by atoms with van der Waals surface area (Å²) < 4.78 is 0.613. The van der Waals surface area contributed by atoms with Crippen molar-refractivity contribution in [2.75, 3.05) is 17.6 Å². The molecule has 0 fully saturated rings. The summed E-state index contributed by atoms with van der Waals surface area (Å²) in [6.07, 6.45) is -0.717. The maximum Gasteiger partial charge on any atom is 0.251 e. The number of hydrogen-bond acceptors (Lipinski definition) is 4. The fourth-order valence-electron chi connectivity index (χ4n) is 1.96. The van der Waals surface area contributed by atoms with Crippen molar-refractivity contribution in [1.82, 2.24) is 0 Å². The number of carbonyl (C=O) groups is 1. The minimum Gasteiger partial charge on any atom is -0.399 e. The number of nitrogen functional groups attached to an aromatic ring is 1. The highest BCUT2D eigenvalue weighted by atomic mass is 79.9. The Kier molecular flexibility index (Phi) is 4.82. The highest BCUT2D eigenvalue weighted by Crippen LogP contribution is 2.25. The van der Waals surface area contributed by atoms with Gasteiger partial charge in [0.15, 0.2) is 0 Å². The monoisotopic (exact) mass is 349 g/mol. The van der Waals surface area contributed by atoms with Gasteiger partial charge in [-0.15, -0.1) is 0 Å². The highest BCUT2D eigenvalue weighted by Gasteiger charge is 2.13. The molecule has 2 aromatic carbocycles. The third kappa shape index (κ3) is 3.74. The molecule has 0 heterocycles. The molecule has 110 valence electrons. The molecule has 1 unspecified atom stereocenters. The fourth-order valence-corrected chi connectivity index (χ4v) is 2.53. The minimum atomic E-state index is -0.717. The van der Waals surface area contributed by atoms with Crippen LogP contribution in [0.15, 0.2) is 46.9 Å². The van der Waals surface area contributed by atoms with Crippen molar-refractivity contribution in [2.24, 2.45) is 5.73 Å². The number of nitrogens with two attached hydrogens (primary N) is 2. The summed E-state index contributed by atoms with van der Waals surface area (Å²) in [5.74, 6) is -0.535. The Morgan fingerprint density at radius 2 is 1.90 bits per heavy atom. The van der Waals surface area contributed by atoms with Crippen LogP contribution in [-0.2, 0) is 0 Å². The number of anilines is 2. The van der Waals surface area contributed by atoms with Gasteiger partial charge >= 0.3 is 0 Å². The van der Waals surface area contributed by atoms with Gasteiger partial charge in [0, 0.05) is 22.4 Å². The molecule has 0 radical (unpaired) electrons. The number of benzene rings is 2. The normalized spacial score (nSPS) is 11.9. The van der Waals surface area contributed by atoms with Gasteiger partial charge in [0.05, 0.1) is 11.7 Å². The molecular formula is C15H16BrN3O2. The number of hydrogen-bond donors (Lipinski definition) is 4. The summed E-state index contributed by atoms with van der Waals surface area (Å²) in [6.45, 7) is 0.251. The van der Waals surface area contributed by atoms with Crippen molar-refractivity contribution < 1.29 is 9.90 Å². The average molecular weight is 350 g/mol. The van der Waals surface area contributed by atoms with E-state index in [0.717, 1.165) is 5.56 Å². The molecule has 0 aliphatic carbocycles. The van der Waals surface area contributed by atoms with E-state index in [2.05, 4.69) is 21.2 Å². The van der Waals surface area contributed by atoms with Crippen LogP contribution in [0.3, 0.4) is 0 Å². The van der Waals surface area contributed by atoms with Crippen LogP contribution in [-0.4, -0.2) is 17.6 Å². The van der Waals surface area contributed by atoms with E-state index in [1.807, 2.05) is 0 Å². The lowest BCUT2D eigenvalue weighted by molar-refractivity contribution is 0.1000. The van der Waals surface area contributed by atoms with Gasteiger partial charge in [0.25, 0.3) is 5.91 Å². The molecule has 0 bridgehead atoms. The van der Waals surface area contributed by atoms with E-state index in [1.165, 1.54) is 0 Å². The molecule has 2 aromatic rings. The summed E-state index contributed by atoms with van der Waals surface area (Å²) in [5.41, 5.74) is 13.3. The standard InChI is InChI=1S/C15H16BrN3O2/c16-11-2-1-3-12(14(11)15(18)21)19-8-13(20)9-4-6-10(17)7-5-9/h1-7,13,19-20H,8,17H2,(H2,18,21). The second-order valence-corrected chi connectivity index (χ2v) is 5.44. The number of aliphatic hydroxyl groups excluding tert-OH is 1. The summed E-state index contributed by atoms with van der Waals surface area (Å²) in [6, 6.07) is 12.2. The second-order valence-electron chi connectivity index (χ2n) is 4.59. The Bertz CT molecular complexity index is 644. The summed E-state index contributed by atoms with van der Waals surface area (Å²) in [4.78, 5) is 11.5. The largest absolute Gasteiger partial charge is 0.399 e. The molecule has 0 saturated heterocycles. The van der Waals surface area contributed by atoms with Gasteiger partial charge < -0.3 is 21.9 Å². The Morgan fingerprint density at radius 1 is 1.24 bits per heavy atom. The molecule has 1 amide bonds. The van der Waals surface area contributed by atoms with E-state index in [9.17, 15) is 9.90 Å². The molecule has 0 aromatic heterocycles. The Morgan fingerprint density at radius 3 is 2.52 bits per heavy atom. The zero-order valence-electron chi connectivity index (χ0n) is 11.2. The fraction of sp³-hybridized carbons (Fsp3) is 0.133. The number of primary amides is 1. The molecule has 1 atom stereocenters. The lowest BCUT2D eigenvalue weighted by Crippen LogP contribution is -2.18. The molecule has 6 heteroatoms. The average Bonchev–Trinajstić information content (AvgIpc) is 2.45. The summed E-state index contributed by atoms with van der Waals surface area (Å²) in [5, 5.41) is 13.2. The highest BCUT2D eigenvalue weighted by molar-refractivity contribution is 9.10. The van der Waals surface area contributed by atoms with Crippen LogP contribution < -0.4 is 16.8 Å². The predicted molar refractivity (Wildman–Crippen MR) is 87.0 cm³/mol. The lowest BCUT2D eigenvalue weighted by Gasteiger charge is -2.15. The van der Waals surface area contributed by atoms with Gasteiger partial charge in [0.1, 0.15) is 0 Å². The molecule has 0 spiro atoms. The first-order valence-electron chi connectivity index (χ1n) is 6.34. The number of aliphatic hydroxyl groups is 1. The third-order valence-electron chi connectivity index (χ3n) is 3.07.